The van der Waals surface area contributed by atoms with Gasteiger partial charge in [-0.25, -0.2) is 0 Å². The molecule has 1 heterocycles. The van der Waals surface area contributed by atoms with E-state index in [0.717, 1.165) is 32.2 Å². The molecule has 0 unspecified atom stereocenters. The number of hydrogen-bond donors (Lipinski definition) is 0. The Bertz CT molecular complexity index is 799. The Morgan fingerprint density at radius 1 is 1.06 bits per heavy atom. The molecule has 0 radical (unpaired) electrons. The lowest BCUT2D eigenvalue weighted by Gasteiger charge is -2.02. The summed E-state index contributed by atoms with van der Waals surface area (Å²) in [5.41, 5.74) is 1.27. The smallest absolute Gasteiger partial charge is 0.195 e. The van der Waals surface area contributed by atoms with Crippen molar-refractivity contribution >= 4 is 31.5 Å². The zero-order chi connectivity index (χ0) is 12.5. The van der Waals surface area contributed by atoms with Crippen LogP contribution in [-0.2, 0) is 6.42 Å². The van der Waals surface area contributed by atoms with Crippen molar-refractivity contribution in [1.82, 2.24) is 0 Å². The third-order valence-electron chi connectivity index (χ3n) is 3.02. The molecule has 0 amide bonds. The summed E-state index contributed by atoms with van der Waals surface area (Å²) in [5.74, 6) is 0. The van der Waals surface area contributed by atoms with Crippen LogP contribution in [0.3, 0.4) is 0 Å². The number of allylic oxidation sites excluding steroid dienone is 1. The van der Waals surface area contributed by atoms with Gasteiger partial charge in [0.25, 0.3) is 0 Å². The summed E-state index contributed by atoms with van der Waals surface area (Å²) in [5, 5.41) is 1.63. The normalized spacial score (nSPS) is 10.9. The Morgan fingerprint density at radius 2 is 1.83 bits per heavy atom. The third kappa shape index (κ3) is 1.75. The fourth-order valence-electron chi connectivity index (χ4n) is 2.14. The van der Waals surface area contributed by atoms with Crippen LogP contribution in [-0.4, -0.2) is 0 Å². The topological polar surface area (TPSA) is 17.1 Å². The molecule has 0 aliphatic carbocycles. The quantitative estimate of drug-likeness (QED) is 0.495. The van der Waals surface area contributed by atoms with E-state index >= 15 is 0 Å². The lowest BCUT2D eigenvalue weighted by atomic mass is 10.1. The fourth-order valence-corrected chi connectivity index (χ4v) is 3.20. The Labute approximate surface area is 109 Å². The van der Waals surface area contributed by atoms with E-state index in [1.165, 1.54) is 0 Å². The highest BCUT2D eigenvalue weighted by molar-refractivity contribution is 7.24. The average molecular weight is 252 g/mol. The van der Waals surface area contributed by atoms with Gasteiger partial charge in [-0.2, -0.15) is 0 Å². The van der Waals surface area contributed by atoms with Crippen LogP contribution in [0.5, 0.6) is 0 Å². The largest absolute Gasteiger partial charge is 0.289 e. The first-order valence-electron chi connectivity index (χ1n) is 5.85. The summed E-state index contributed by atoms with van der Waals surface area (Å²) in [6.45, 7) is 3.73. The highest BCUT2D eigenvalue weighted by atomic mass is 32.1. The van der Waals surface area contributed by atoms with E-state index in [1.807, 2.05) is 42.5 Å². The van der Waals surface area contributed by atoms with E-state index < -0.39 is 0 Å². The Kier molecular flexibility index (Phi) is 2.73. The second-order valence-electron chi connectivity index (χ2n) is 4.25. The molecule has 0 atom stereocenters. The van der Waals surface area contributed by atoms with E-state index in [1.54, 1.807) is 11.3 Å². The van der Waals surface area contributed by atoms with Crippen molar-refractivity contribution in [3.63, 3.8) is 0 Å². The van der Waals surface area contributed by atoms with E-state index in [0.29, 0.717) is 0 Å². The molecule has 3 aromatic rings. The molecule has 1 nitrogen and oxygen atoms in total. The first-order chi connectivity index (χ1) is 8.79. The van der Waals surface area contributed by atoms with Gasteiger partial charge < -0.3 is 0 Å². The monoisotopic (exact) mass is 252 g/mol. The SMILES string of the molecule is C=CCc1ccc2sc3ccccc3c(=O)c2c1. The van der Waals surface area contributed by atoms with Gasteiger partial charge in [-0.3, -0.25) is 4.79 Å². The maximum Gasteiger partial charge on any atom is 0.195 e. The molecule has 0 saturated carbocycles. The van der Waals surface area contributed by atoms with Crippen LogP contribution < -0.4 is 5.43 Å². The van der Waals surface area contributed by atoms with E-state index in [9.17, 15) is 4.79 Å². The summed E-state index contributed by atoms with van der Waals surface area (Å²) in [6.07, 6.45) is 2.66. The van der Waals surface area contributed by atoms with Gasteiger partial charge in [0.2, 0.25) is 0 Å². The zero-order valence-electron chi connectivity index (χ0n) is 9.85. The van der Waals surface area contributed by atoms with Gasteiger partial charge in [0.15, 0.2) is 5.43 Å². The predicted molar refractivity (Wildman–Crippen MR) is 79.5 cm³/mol. The Balaban J connectivity index is 2.41. The lowest BCUT2D eigenvalue weighted by molar-refractivity contribution is 1.29. The van der Waals surface area contributed by atoms with Crippen LogP contribution in [0.25, 0.3) is 20.2 Å². The predicted octanol–water partition coefficient (Wildman–Crippen LogP) is 4.14. The molecule has 1 aromatic heterocycles. The van der Waals surface area contributed by atoms with Crippen molar-refractivity contribution in [3.8, 4) is 0 Å². The molecule has 0 fully saturated rings. The second kappa shape index (κ2) is 4.39. The van der Waals surface area contributed by atoms with E-state index in [4.69, 9.17) is 0 Å². The van der Waals surface area contributed by atoms with Crippen LogP contribution in [0.4, 0.5) is 0 Å². The first kappa shape index (κ1) is 11.2. The molecular formula is C16H12OS. The van der Waals surface area contributed by atoms with Crippen LogP contribution in [0, 0.1) is 0 Å². The number of benzene rings is 2. The fraction of sp³-hybridized carbons (Fsp3) is 0.0625. The number of rotatable bonds is 2. The van der Waals surface area contributed by atoms with Gasteiger partial charge in [0.1, 0.15) is 0 Å². The number of hydrogen-bond acceptors (Lipinski definition) is 2. The summed E-state index contributed by atoms with van der Waals surface area (Å²) < 4.78 is 2.10. The molecule has 0 aliphatic rings. The van der Waals surface area contributed by atoms with Crippen molar-refractivity contribution in [2.24, 2.45) is 0 Å². The van der Waals surface area contributed by atoms with Crippen LogP contribution >= 0.6 is 11.3 Å². The summed E-state index contributed by atoms with van der Waals surface area (Å²) in [7, 11) is 0. The molecule has 0 aliphatic heterocycles. The molecular weight excluding hydrogens is 240 g/mol. The maximum absolute atomic E-state index is 12.4. The zero-order valence-corrected chi connectivity index (χ0v) is 10.7. The highest BCUT2D eigenvalue weighted by Crippen LogP contribution is 2.25. The van der Waals surface area contributed by atoms with E-state index in [2.05, 4.69) is 12.6 Å². The van der Waals surface area contributed by atoms with Gasteiger partial charge in [-0.15, -0.1) is 17.9 Å². The van der Waals surface area contributed by atoms with Crippen LogP contribution in [0.1, 0.15) is 5.56 Å². The molecule has 3 rings (SSSR count). The van der Waals surface area contributed by atoms with Crippen molar-refractivity contribution in [3.05, 3.63) is 70.9 Å². The van der Waals surface area contributed by atoms with Crippen molar-refractivity contribution in [2.45, 2.75) is 6.42 Å². The van der Waals surface area contributed by atoms with E-state index in [-0.39, 0.29) is 5.43 Å². The molecule has 0 spiro atoms. The van der Waals surface area contributed by atoms with Gasteiger partial charge in [-0.05, 0) is 36.2 Å². The van der Waals surface area contributed by atoms with Gasteiger partial charge >= 0.3 is 0 Å². The van der Waals surface area contributed by atoms with Gasteiger partial charge in [0, 0.05) is 20.2 Å². The molecule has 0 N–H and O–H groups in total. The average Bonchev–Trinajstić information content (AvgIpc) is 2.40. The summed E-state index contributed by atoms with van der Waals surface area (Å²) in [6, 6.07) is 13.9. The van der Waals surface area contributed by atoms with Crippen LogP contribution in [0.2, 0.25) is 0 Å². The summed E-state index contributed by atoms with van der Waals surface area (Å²) >= 11 is 1.67. The minimum absolute atomic E-state index is 0.130. The van der Waals surface area contributed by atoms with Crippen molar-refractivity contribution in [1.29, 1.82) is 0 Å². The Morgan fingerprint density at radius 3 is 2.67 bits per heavy atom. The minimum atomic E-state index is 0.130. The first-order valence-corrected chi connectivity index (χ1v) is 6.66. The molecule has 0 saturated heterocycles. The lowest BCUT2D eigenvalue weighted by Crippen LogP contribution is -2.01. The van der Waals surface area contributed by atoms with Gasteiger partial charge in [-0.1, -0.05) is 24.3 Å². The Hall–Kier alpha value is -1.93. The molecule has 0 bridgehead atoms. The minimum Gasteiger partial charge on any atom is -0.289 e. The van der Waals surface area contributed by atoms with Gasteiger partial charge in [0.05, 0.1) is 0 Å². The molecule has 18 heavy (non-hydrogen) atoms. The van der Waals surface area contributed by atoms with Crippen molar-refractivity contribution in [2.75, 3.05) is 0 Å². The number of fused-ring (bicyclic) bond motifs is 2. The second-order valence-corrected chi connectivity index (χ2v) is 5.33. The maximum atomic E-state index is 12.4. The van der Waals surface area contributed by atoms with Crippen molar-refractivity contribution < 1.29 is 0 Å². The summed E-state index contributed by atoms with van der Waals surface area (Å²) in [4.78, 5) is 12.4. The molecule has 88 valence electrons. The standard InChI is InChI=1S/C16H12OS/c1-2-5-11-8-9-15-13(10-11)16(17)12-6-3-4-7-14(12)18-15/h2-4,6-10H,1,5H2. The molecule has 2 heteroatoms. The highest BCUT2D eigenvalue weighted by Gasteiger charge is 2.05. The van der Waals surface area contributed by atoms with Crippen LogP contribution in [0.15, 0.2) is 59.9 Å². The molecule has 2 aromatic carbocycles. The third-order valence-corrected chi connectivity index (χ3v) is 4.17.